The van der Waals surface area contributed by atoms with Gasteiger partial charge in [-0.3, -0.25) is 4.98 Å². The van der Waals surface area contributed by atoms with E-state index >= 15 is 0 Å². The van der Waals surface area contributed by atoms with Gasteiger partial charge >= 0.3 is 0 Å². The Morgan fingerprint density at radius 1 is 1.50 bits per heavy atom. The largest absolute Gasteiger partial charge is 0.394 e. The number of aliphatic hydroxyl groups is 1. The van der Waals surface area contributed by atoms with Crippen LogP contribution in [0.15, 0.2) is 27.5 Å². The van der Waals surface area contributed by atoms with Gasteiger partial charge in [-0.05, 0) is 22.0 Å². The third-order valence-electron chi connectivity index (χ3n) is 1.92. The van der Waals surface area contributed by atoms with Gasteiger partial charge in [0.1, 0.15) is 6.04 Å². The Kier molecular flexibility index (Phi) is 3.28. The number of halogens is 1. The topological polar surface area (TPSA) is 98.1 Å². The van der Waals surface area contributed by atoms with Crippen molar-refractivity contribution in [1.29, 1.82) is 0 Å². The first-order valence-corrected chi connectivity index (χ1v) is 5.31. The molecular formula is C9H9BrN4O2. The van der Waals surface area contributed by atoms with Gasteiger partial charge in [-0.25, -0.2) is 0 Å². The van der Waals surface area contributed by atoms with Crippen molar-refractivity contribution in [2.45, 2.75) is 6.04 Å². The van der Waals surface area contributed by atoms with Gasteiger partial charge in [0.25, 0.3) is 0 Å². The number of nitrogens with zero attached hydrogens (tertiary/aromatic N) is 3. The number of pyridine rings is 1. The number of nitrogens with two attached hydrogens (primary N) is 1. The van der Waals surface area contributed by atoms with Crippen molar-refractivity contribution in [3.8, 4) is 11.4 Å². The molecule has 16 heavy (non-hydrogen) atoms. The molecule has 0 saturated carbocycles. The molecule has 0 fully saturated rings. The van der Waals surface area contributed by atoms with Gasteiger partial charge in [0.05, 0.1) is 6.61 Å². The summed E-state index contributed by atoms with van der Waals surface area (Å²) in [5.74, 6) is 0.602. The predicted octanol–water partition coefficient (Wildman–Crippen LogP) is 0.886. The molecular weight excluding hydrogens is 276 g/mol. The second kappa shape index (κ2) is 4.69. The maximum absolute atomic E-state index is 8.84. The molecule has 84 valence electrons. The van der Waals surface area contributed by atoms with Crippen molar-refractivity contribution < 1.29 is 9.63 Å². The molecule has 1 atom stereocenters. The van der Waals surface area contributed by atoms with Gasteiger partial charge < -0.3 is 15.4 Å². The van der Waals surface area contributed by atoms with E-state index in [9.17, 15) is 0 Å². The normalized spacial score (nSPS) is 12.7. The Balaban J connectivity index is 2.31. The first-order valence-electron chi connectivity index (χ1n) is 4.51. The molecule has 0 aliphatic carbocycles. The van der Waals surface area contributed by atoms with Crippen molar-refractivity contribution in [2.24, 2.45) is 5.73 Å². The molecule has 0 spiro atoms. The summed E-state index contributed by atoms with van der Waals surface area (Å²) in [6, 6.07) is 1.16. The van der Waals surface area contributed by atoms with E-state index in [1.165, 1.54) is 0 Å². The highest BCUT2D eigenvalue weighted by molar-refractivity contribution is 9.10. The average molecular weight is 285 g/mol. The maximum Gasteiger partial charge on any atom is 0.246 e. The summed E-state index contributed by atoms with van der Waals surface area (Å²) in [6.07, 6.45) is 3.27. The van der Waals surface area contributed by atoms with E-state index in [2.05, 4.69) is 31.1 Å². The third kappa shape index (κ3) is 2.26. The minimum atomic E-state index is -0.652. The van der Waals surface area contributed by atoms with Crippen molar-refractivity contribution in [1.82, 2.24) is 15.1 Å². The number of hydrogen-bond acceptors (Lipinski definition) is 6. The number of rotatable bonds is 3. The summed E-state index contributed by atoms with van der Waals surface area (Å²) in [5, 5.41) is 12.6. The first kappa shape index (κ1) is 11.2. The second-order valence-corrected chi connectivity index (χ2v) is 4.05. The zero-order valence-corrected chi connectivity index (χ0v) is 9.75. The molecule has 0 aromatic carbocycles. The fraction of sp³-hybridized carbons (Fsp3) is 0.222. The van der Waals surface area contributed by atoms with Crippen molar-refractivity contribution in [3.05, 3.63) is 28.8 Å². The lowest BCUT2D eigenvalue weighted by molar-refractivity contribution is 0.237. The monoisotopic (exact) mass is 284 g/mol. The van der Waals surface area contributed by atoms with Crippen molar-refractivity contribution in [3.63, 3.8) is 0 Å². The molecule has 7 heteroatoms. The van der Waals surface area contributed by atoms with E-state index in [0.717, 1.165) is 10.0 Å². The maximum atomic E-state index is 8.84. The van der Waals surface area contributed by atoms with Crippen LogP contribution in [0.3, 0.4) is 0 Å². The minimum Gasteiger partial charge on any atom is -0.394 e. The molecule has 0 saturated heterocycles. The molecule has 0 bridgehead atoms. The fourth-order valence-corrected chi connectivity index (χ4v) is 1.48. The summed E-state index contributed by atoms with van der Waals surface area (Å²) in [7, 11) is 0. The van der Waals surface area contributed by atoms with Crippen LogP contribution in [-0.2, 0) is 0 Å². The van der Waals surface area contributed by atoms with Crippen LogP contribution < -0.4 is 5.73 Å². The summed E-state index contributed by atoms with van der Waals surface area (Å²) < 4.78 is 5.74. The third-order valence-corrected chi connectivity index (χ3v) is 2.35. The lowest BCUT2D eigenvalue weighted by Crippen LogP contribution is -2.14. The lowest BCUT2D eigenvalue weighted by Gasteiger charge is -1.98. The molecule has 2 heterocycles. The Morgan fingerprint density at radius 2 is 2.31 bits per heavy atom. The molecule has 0 unspecified atom stereocenters. The number of hydrogen-bond donors (Lipinski definition) is 2. The zero-order valence-electron chi connectivity index (χ0n) is 8.17. The van der Waals surface area contributed by atoms with Crippen LogP contribution in [0.5, 0.6) is 0 Å². The molecule has 2 aromatic rings. The standard InChI is InChI=1S/C9H9BrN4O2/c10-6-1-5(2-12-3-6)8-13-9(16-14-8)7(11)4-15/h1-3,7,15H,4,11H2/t7-/m1/s1. The molecule has 0 amide bonds. The fourth-order valence-electron chi connectivity index (χ4n) is 1.12. The highest BCUT2D eigenvalue weighted by atomic mass is 79.9. The van der Waals surface area contributed by atoms with Crippen LogP contribution in [0.25, 0.3) is 11.4 Å². The van der Waals surface area contributed by atoms with E-state index in [1.54, 1.807) is 12.4 Å². The highest BCUT2D eigenvalue weighted by Gasteiger charge is 2.14. The minimum absolute atomic E-state index is 0.206. The Morgan fingerprint density at radius 3 is 3.00 bits per heavy atom. The Hall–Kier alpha value is -1.31. The average Bonchev–Trinajstić information content (AvgIpc) is 2.77. The molecule has 2 aromatic heterocycles. The summed E-state index contributed by atoms with van der Waals surface area (Å²) in [6.45, 7) is -0.238. The Labute approximate surface area is 99.6 Å². The highest BCUT2D eigenvalue weighted by Crippen LogP contribution is 2.20. The number of aromatic nitrogens is 3. The van der Waals surface area contributed by atoms with Gasteiger partial charge in [0.15, 0.2) is 0 Å². The zero-order chi connectivity index (χ0) is 11.5. The quantitative estimate of drug-likeness (QED) is 0.869. The lowest BCUT2D eigenvalue weighted by atomic mass is 10.3. The smallest absolute Gasteiger partial charge is 0.246 e. The van der Waals surface area contributed by atoms with Crippen LogP contribution in [0.4, 0.5) is 0 Å². The van der Waals surface area contributed by atoms with Crippen LogP contribution >= 0.6 is 15.9 Å². The van der Waals surface area contributed by atoms with Crippen LogP contribution in [0.1, 0.15) is 11.9 Å². The SMILES string of the molecule is N[C@H](CO)c1nc(-c2cncc(Br)c2)no1. The van der Waals surface area contributed by atoms with Gasteiger partial charge in [0, 0.05) is 22.4 Å². The van der Waals surface area contributed by atoms with E-state index < -0.39 is 6.04 Å². The summed E-state index contributed by atoms with van der Waals surface area (Å²) in [4.78, 5) is 8.05. The van der Waals surface area contributed by atoms with Crippen LogP contribution in [0.2, 0.25) is 0 Å². The van der Waals surface area contributed by atoms with Crippen LogP contribution in [-0.4, -0.2) is 26.8 Å². The van der Waals surface area contributed by atoms with Crippen LogP contribution in [0, 0.1) is 0 Å². The van der Waals surface area contributed by atoms with Gasteiger partial charge in [-0.15, -0.1) is 0 Å². The molecule has 6 nitrogen and oxygen atoms in total. The van der Waals surface area contributed by atoms with E-state index in [-0.39, 0.29) is 12.5 Å². The number of aliphatic hydroxyl groups excluding tert-OH is 1. The molecule has 0 aliphatic rings. The molecule has 0 radical (unpaired) electrons. The second-order valence-electron chi connectivity index (χ2n) is 3.14. The van der Waals surface area contributed by atoms with E-state index in [4.69, 9.17) is 15.4 Å². The van der Waals surface area contributed by atoms with Gasteiger partial charge in [0.2, 0.25) is 11.7 Å². The first-order chi connectivity index (χ1) is 7.70. The Bertz CT molecular complexity index is 488. The van der Waals surface area contributed by atoms with Gasteiger partial charge in [-0.2, -0.15) is 4.98 Å². The van der Waals surface area contributed by atoms with E-state index in [0.29, 0.717) is 5.82 Å². The predicted molar refractivity (Wildman–Crippen MR) is 59.2 cm³/mol. The van der Waals surface area contributed by atoms with Crippen molar-refractivity contribution >= 4 is 15.9 Å². The van der Waals surface area contributed by atoms with Crippen molar-refractivity contribution in [2.75, 3.05) is 6.61 Å². The molecule has 2 rings (SSSR count). The summed E-state index contributed by atoms with van der Waals surface area (Å²) >= 11 is 3.30. The molecule has 0 aliphatic heterocycles. The molecule has 3 N–H and O–H groups in total. The summed E-state index contributed by atoms with van der Waals surface area (Å²) in [5.41, 5.74) is 6.26. The van der Waals surface area contributed by atoms with Gasteiger partial charge in [-0.1, -0.05) is 5.16 Å². The van der Waals surface area contributed by atoms with E-state index in [1.807, 2.05) is 6.07 Å².